The van der Waals surface area contributed by atoms with Crippen LogP contribution in [0.25, 0.3) is 0 Å². The molecule has 1 rings (SSSR count). The molecule has 0 heterocycles. The largest absolute Gasteiger partial charge is 0.300 e. The van der Waals surface area contributed by atoms with Gasteiger partial charge in [-0.05, 0) is 37.5 Å². The number of rotatable bonds is 3. The molecule has 1 aromatic carbocycles. The maximum absolute atomic E-state index is 13.1. The van der Waals surface area contributed by atoms with Gasteiger partial charge >= 0.3 is 0 Å². The molecule has 14 heavy (non-hydrogen) atoms. The third kappa shape index (κ3) is 2.66. The van der Waals surface area contributed by atoms with E-state index in [-0.39, 0.29) is 17.5 Å². The Hall–Kier alpha value is -1.18. The van der Waals surface area contributed by atoms with Crippen LogP contribution in [0.15, 0.2) is 18.2 Å². The van der Waals surface area contributed by atoms with Crippen LogP contribution in [0.2, 0.25) is 0 Å². The summed E-state index contributed by atoms with van der Waals surface area (Å²) in [6, 6.07) is 5.13. The Labute approximate surface area is 83.9 Å². The minimum atomic E-state index is -0.196. The maximum Gasteiger partial charge on any atom is 0.132 e. The Balaban J connectivity index is 2.78. The van der Waals surface area contributed by atoms with Crippen LogP contribution in [0.4, 0.5) is 4.39 Å². The molecular formula is C12H15FO. The van der Waals surface area contributed by atoms with Crippen molar-refractivity contribution >= 4 is 5.78 Å². The number of carbonyl (C=O) groups excluding carboxylic acids is 1. The van der Waals surface area contributed by atoms with Crippen molar-refractivity contribution in [1.29, 1.82) is 0 Å². The van der Waals surface area contributed by atoms with Crippen molar-refractivity contribution in [2.24, 2.45) is 5.92 Å². The lowest BCUT2D eigenvalue weighted by molar-refractivity contribution is -0.120. The van der Waals surface area contributed by atoms with E-state index in [9.17, 15) is 9.18 Å². The summed E-state index contributed by atoms with van der Waals surface area (Å²) < 4.78 is 13.1. The second-order valence-electron chi connectivity index (χ2n) is 3.80. The zero-order valence-electron chi connectivity index (χ0n) is 8.80. The van der Waals surface area contributed by atoms with Gasteiger partial charge in [0.15, 0.2) is 0 Å². The second kappa shape index (κ2) is 4.36. The third-order valence-electron chi connectivity index (χ3n) is 2.47. The fourth-order valence-corrected chi connectivity index (χ4v) is 1.26. The summed E-state index contributed by atoms with van der Waals surface area (Å²) in [6.45, 7) is 5.16. The molecule has 76 valence electrons. The summed E-state index contributed by atoms with van der Waals surface area (Å²) in [6.07, 6.45) is 0.618. The molecule has 0 amide bonds. The van der Waals surface area contributed by atoms with Gasteiger partial charge in [0.05, 0.1) is 0 Å². The number of halogens is 1. The lowest BCUT2D eigenvalue weighted by Crippen LogP contribution is -2.09. The number of hydrogen-bond acceptors (Lipinski definition) is 1. The first kappa shape index (κ1) is 10.9. The van der Waals surface area contributed by atoms with Crippen molar-refractivity contribution in [2.75, 3.05) is 0 Å². The summed E-state index contributed by atoms with van der Waals surface area (Å²) in [4.78, 5) is 11.0. The molecule has 0 spiro atoms. The van der Waals surface area contributed by atoms with Gasteiger partial charge < -0.3 is 0 Å². The Morgan fingerprint density at radius 3 is 2.64 bits per heavy atom. The van der Waals surface area contributed by atoms with E-state index in [4.69, 9.17) is 0 Å². The standard InChI is InChI=1S/C12H15FO/c1-8-4-5-11(7-12(8)13)6-9(2)10(3)14/h4-5,7,9H,6H2,1-3H3. The van der Waals surface area contributed by atoms with Crippen LogP contribution < -0.4 is 0 Å². The van der Waals surface area contributed by atoms with Gasteiger partial charge in [-0.15, -0.1) is 0 Å². The molecule has 0 aliphatic rings. The minimum absolute atomic E-state index is 0.0305. The molecule has 1 aromatic rings. The summed E-state index contributed by atoms with van der Waals surface area (Å²) in [5, 5.41) is 0. The molecule has 0 radical (unpaired) electrons. The highest BCUT2D eigenvalue weighted by molar-refractivity contribution is 5.78. The second-order valence-corrected chi connectivity index (χ2v) is 3.80. The predicted molar refractivity (Wildman–Crippen MR) is 54.7 cm³/mol. The monoisotopic (exact) mass is 194 g/mol. The van der Waals surface area contributed by atoms with Gasteiger partial charge in [-0.2, -0.15) is 0 Å². The summed E-state index contributed by atoms with van der Waals surface area (Å²) in [5.41, 5.74) is 1.53. The van der Waals surface area contributed by atoms with Crippen LogP contribution in [-0.2, 0) is 11.2 Å². The highest BCUT2D eigenvalue weighted by Crippen LogP contribution is 2.13. The fourth-order valence-electron chi connectivity index (χ4n) is 1.26. The average Bonchev–Trinajstić information content (AvgIpc) is 2.11. The van der Waals surface area contributed by atoms with Crippen molar-refractivity contribution in [3.63, 3.8) is 0 Å². The van der Waals surface area contributed by atoms with Crippen molar-refractivity contribution in [3.05, 3.63) is 35.1 Å². The average molecular weight is 194 g/mol. The first-order chi connectivity index (χ1) is 6.50. The summed E-state index contributed by atoms with van der Waals surface area (Å²) in [5.74, 6) is -0.0821. The summed E-state index contributed by atoms with van der Waals surface area (Å²) in [7, 11) is 0. The molecule has 0 aromatic heterocycles. The topological polar surface area (TPSA) is 17.1 Å². The first-order valence-electron chi connectivity index (χ1n) is 4.76. The zero-order chi connectivity index (χ0) is 10.7. The quantitative estimate of drug-likeness (QED) is 0.723. The van der Waals surface area contributed by atoms with Gasteiger partial charge in [0.2, 0.25) is 0 Å². The zero-order valence-corrected chi connectivity index (χ0v) is 8.80. The molecule has 1 unspecified atom stereocenters. The smallest absolute Gasteiger partial charge is 0.132 e. The molecule has 2 heteroatoms. The van der Waals surface area contributed by atoms with Gasteiger partial charge in [0, 0.05) is 5.92 Å². The molecular weight excluding hydrogens is 179 g/mol. The van der Waals surface area contributed by atoms with Gasteiger partial charge in [-0.3, -0.25) is 4.79 Å². The van der Waals surface area contributed by atoms with E-state index in [1.54, 1.807) is 19.9 Å². The van der Waals surface area contributed by atoms with Gasteiger partial charge in [0.25, 0.3) is 0 Å². The number of carbonyl (C=O) groups is 1. The van der Waals surface area contributed by atoms with Crippen molar-refractivity contribution in [2.45, 2.75) is 27.2 Å². The van der Waals surface area contributed by atoms with E-state index in [0.29, 0.717) is 12.0 Å². The van der Waals surface area contributed by atoms with E-state index in [1.165, 1.54) is 6.07 Å². The Bertz CT molecular complexity index is 344. The van der Waals surface area contributed by atoms with Crippen LogP contribution in [0.3, 0.4) is 0 Å². The van der Waals surface area contributed by atoms with Crippen molar-refractivity contribution in [3.8, 4) is 0 Å². The Morgan fingerprint density at radius 1 is 1.50 bits per heavy atom. The number of Topliss-reactive ketones (excluding diaryl/α,β-unsaturated/α-hetero) is 1. The van der Waals surface area contributed by atoms with E-state index >= 15 is 0 Å². The van der Waals surface area contributed by atoms with Gasteiger partial charge in [0.1, 0.15) is 11.6 Å². The van der Waals surface area contributed by atoms with E-state index in [2.05, 4.69) is 0 Å². The van der Waals surface area contributed by atoms with Crippen LogP contribution >= 0.6 is 0 Å². The highest BCUT2D eigenvalue weighted by atomic mass is 19.1. The number of hydrogen-bond donors (Lipinski definition) is 0. The third-order valence-corrected chi connectivity index (χ3v) is 2.47. The molecule has 0 aliphatic carbocycles. The number of aryl methyl sites for hydroxylation is 1. The molecule has 0 saturated carbocycles. The van der Waals surface area contributed by atoms with E-state index in [0.717, 1.165) is 5.56 Å². The minimum Gasteiger partial charge on any atom is -0.300 e. The predicted octanol–water partition coefficient (Wildman–Crippen LogP) is 2.90. The molecule has 0 saturated heterocycles. The highest BCUT2D eigenvalue weighted by Gasteiger charge is 2.09. The van der Waals surface area contributed by atoms with Crippen molar-refractivity contribution in [1.82, 2.24) is 0 Å². The Morgan fingerprint density at radius 2 is 2.14 bits per heavy atom. The van der Waals surface area contributed by atoms with Crippen molar-refractivity contribution < 1.29 is 9.18 Å². The van der Waals surface area contributed by atoms with Gasteiger partial charge in [-0.1, -0.05) is 19.1 Å². The normalized spacial score (nSPS) is 12.6. The molecule has 0 aliphatic heterocycles. The van der Waals surface area contributed by atoms with Crippen LogP contribution in [0.5, 0.6) is 0 Å². The van der Waals surface area contributed by atoms with Gasteiger partial charge in [-0.25, -0.2) is 4.39 Å². The summed E-state index contributed by atoms with van der Waals surface area (Å²) >= 11 is 0. The van der Waals surface area contributed by atoms with E-state index < -0.39 is 0 Å². The molecule has 1 atom stereocenters. The number of ketones is 1. The number of benzene rings is 1. The Kier molecular flexibility index (Phi) is 3.39. The van der Waals surface area contributed by atoms with E-state index in [1.807, 2.05) is 13.0 Å². The van der Waals surface area contributed by atoms with Crippen LogP contribution in [0.1, 0.15) is 25.0 Å². The lowest BCUT2D eigenvalue weighted by atomic mass is 9.97. The fraction of sp³-hybridized carbons (Fsp3) is 0.417. The maximum atomic E-state index is 13.1. The lowest BCUT2D eigenvalue weighted by Gasteiger charge is -2.07. The first-order valence-corrected chi connectivity index (χ1v) is 4.76. The molecule has 1 nitrogen and oxygen atoms in total. The van der Waals surface area contributed by atoms with Crippen LogP contribution in [0, 0.1) is 18.7 Å². The molecule has 0 bridgehead atoms. The SMILES string of the molecule is CC(=O)C(C)Cc1ccc(C)c(F)c1. The molecule has 0 N–H and O–H groups in total. The van der Waals surface area contributed by atoms with Crippen LogP contribution in [-0.4, -0.2) is 5.78 Å². The molecule has 0 fully saturated rings.